The largest absolute Gasteiger partial charge is 0.354 e. The lowest BCUT2D eigenvalue weighted by Crippen LogP contribution is -2.40. The third kappa shape index (κ3) is 2.16. The molecule has 0 saturated carbocycles. The summed E-state index contributed by atoms with van der Waals surface area (Å²) in [6.07, 6.45) is 0. The second-order valence-electron chi connectivity index (χ2n) is 2.45. The zero-order valence-electron chi connectivity index (χ0n) is 6.12. The molecule has 1 saturated heterocycles. The highest BCUT2D eigenvalue weighted by Gasteiger charge is 2.23. The highest BCUT2D eigenvalue weighted by Crippen LogP contribution is 1.93. The maximum atomic E-state index is 10.9. The van der Waals surface area contributed by atoms with E-state index in [1.165, 1.54) is 6.92 Å². The number of carbonyl (C=O) groups excluding carboxylic acids is 1. The predicted molar refractivity (Wildman–Crippen MR) is 39.4 cm³/mol. The average molecular weight is 178 g/mol. The van der Waals surface area contributed by atoms with Gasteiger partial charge in [-0.2, -0.15) is 0 Å². The van der Waals surface area contributed by atoms with Crippen molar-refractivity contribution in [3.63, 3.8) is 0 Å². The molecule has 6 heteroatoms. The molecule has 0 aliphatic carbocycles. The van der Waals surface area contributed by atoms with Crippen LogP contribution in [0.3, 0.4) is 0 Å². The normalized spacial score (nSPS) is 30.6. The van der Waals surface area contributed by atoms with E-state index in [1.54, 1.807) is 0 Å². The van der Waals surface area contributed by atoms with E-state index >= 15 is 0 Å². The molecule has 5 nitrogen and oxygen atoms in total. The van der Waals surface area contributed by atoms with Crippen molar-refractivity contribution in [2.75, 3.05) is 12.3 Å². The highest BCUT2D eigenvalue weighted by atomic mass is 32.2. The van der Waals surface area contributed by atoms with Crippen molar-refractivity contribution in [3.8, 4) is 0 Å². The maximum Gasteiger partial charge on any atom is 0.237 e. The number of hydrogen-bond acceptors (Lipinski definition) is 3. The minimum absolute atomic E-state index is 0.0386. The Balaban J connectivity index is 2.79. The lowest BCUT2D eigenvalue weighted by molar-refractivity contribution is -0.122. The smallest absolute Gasteiger partial charge is 0.237 e. The van der Waals surface area contributed by atoms with Crippen LogP contribution >= 0.6 is 0 Å². The van der Waals surface area contributed by atoms with E-state index in [0.29, 0.717) is 0 Å². The summed E-state index contributed by atoms with van der Waals surface area (Å²) < 4.78 is 24.1. The summed E-state index contributed by atoms with van der Waals surface area (Å²) in [6, 6.07) is -0.650. The standard InChI is InChI=1S/C5H10N2O3S/c1-4-5(8)6-2-3-11(9,10)7-4/h4,7H,2-3H2,1H3,(H,6,8)/t4-/m0/s1. The molecule has 0 aromatic rings. The molecule has 1 heterocycles. The monoisotopic (exact) mass is 178 g/mol. The molecule has 1 amide bonds. The lowest BCUT2D eigenvalue weighted by Gasteiger charge is -2.05. The first-order valence-corrected chi connectivity index (χ1v) is 4.94. The first-order chi connectivity index (χ1) is 5.01. The quantitative estimate of drug-likeness (QED) is 0.470. The topological polar surface area (TPSA) is 75.3 Å². The van der Waals surface area contributed by atoms with Crippen LogP contribution in [0.15, 0.2) is 0 Å². The van der Waals surface area contributed by atoms with Crippen LogP contribution in [0.25, 0.3) is 0 Å². The first kappa shape index (κ1) is 8.48. The molecule has 1 atom stereocenters. The molecule has 1 fully saturated rings. The molecule has 2 N–H and O–H groups in total. The van der Waals surface area contributed by atoms with Crippen molar-refractivity contribution in [1.29, 1.82) is 0 Å². The summed E-state index contributed by atoms with van der Waals surface area (Å²) >= 11 is 0. The highest BCUT2D eigenvalue weighted by molar-refractivity contribution is 7.89. The van der Waals surface area contributed by atoms with E-state index in [9.17, 15) is 13.2 Å². The Labute approximate surface area is 65.2 Å². The molecular formula is C5H10N2O3S. The van der Waals surface area contributed by atoms with E-state index < -0.39 is 16.1 Å². The second kappa shape index (κ2) is 2.78. The Morgan fingerprint density at radius 1 is 1.55 bits per heavy atom. The summed E-state index contributed by atoms with van der Waals surface area (Å²) in [7, 11) is -3.23. The number of rotatable bonds is 0. The van der Waals surface area contributed by atoms with E-state index in [1.807, 2.05) is 0 Å². The molecule has 1 aliphatic rings. The Morgan fingerprint density at radius 2 is 2.18 bits per heavy atom. The second-order valence-corrected chi connectivity index (χ2v) is 4.32. The van der Waals surface area contributed by atoms with Crippen LogP contribution in [0.1, 0.15) is 6.92 Å². The molecule has 64 valence electrons. The molecule has 11 heavy (non-hydrogen) atoms. The summed E-state index contributed by atoms with van der Waals surface area (Å²) in [5.74, 6) is -0.311. The van der Waals surface area contributed by atoms with Gasteiger partial charge < -0.3 is 5.32 Å². The van der Waals surface area contributed by atoms with Crippen LogP contribution in [-0.2, 0) is 14.8 Å². The third-order valence-corrected chi connectivity index (χ3v) is 2.87. The van der Waals surface area contributed by atoms with Gasteiger partial charge in [0.1, 0.15) is 0 Å². The molecule has 1 rings (SSSR count). The summed E-state index contributed by atoms with van der Waals surface area (Å²) in [5, 5.41) is 2.47. The van der Waals surface area contributed by atoms with E-state index in [-0.39, 0.29) is 18.2 Å². The molecule has 0 aromatic carbocycles. The fourth-order valence-corrected chi connectivity index (χ4v) is 1.98. The van der Waals surface area contributed by atoms with Crippen LogP contribution in [0.5, 0.6) is 0 Å². The molecular weight excluding hydrogens is 168 g/mol. The molecule has 0 bridgehead atoms. The van der Waals surface area contributed by atoms with Crippen molar-refractivity contribution in [1.82, 2.24) is 10.0 Å². The van der Waals surface area contributed by atoms with Gasteiger partial charge in [-0.15, -0.1) is 0 Å². The van der Waals surface area contributed by atoms with Gasteiger partial charge in [0.25, 0.3) is 0 Å². The fraction of sp³-hybridized carbons (Fsp3) is 0.800. The number of nitrogens with one attached hydrogen (secondary N) is 2. The number of amides is 1. The van der Waals surface area contributed by atoms with Crippen molar-refractivity contribution in [3.05, 3.63) is 0 Å². The molecule has 0 aromatic heterocycles. The van der Waals surface area contributed by atoms with Gasteiger partial charge in [0.15, 0.2) is 0 Å². The Bertz CT molecular complexity index is 259. The van der Waals surface area contributed by atoms with E-state index in [2.05, 4.69) is 10.0 Å². The van der Waals surface area contributed by atoms with Crippen LogP contribution in [0.2, 0.25) is 0 Å². The predicted octanol–water partition coefficient (Wildman–Crippen LogP) is -1.58. The minimum atomic E-state index is -3.23. The lowest BCUT2D eigenvalue weighted by atomic mass is 10.3. The third-order valence-electron chi connectivity index (χ3n) is 1.42. The molecule has 0 spiro atoms. The van der Waals surface area contributed by atoms with Crippen molar-refractivity contribution in [2.45, 2.75) is 13.0 Å². The fourth-order valence-electron chi connectivity index (χ4n) is 0.843. The zero-order valence-corrected chi connectivity index (χ0v) is 6.94. The van der Waals surface area contributed by atoms with Crippen molar-refractivity contribution < 1.29 is 13.2 Å². The van der Waals surface area contributed by atoms with Gasteiger partial charge in [-0.1, -0.05) is 0 Å². The Hall–Kier alpha value is -0.620. The molecule has 1 aliphatic heterocycles. The van der Waals surface area contributed by atoms with E-state index in [0.717, 1.165) is 0 Å². The van der Waals surface area contributed by atoms with Crippen LogP contribution < -0.4 is 10.0 Å². The maximum absolute atomic E-state index is 10.9. The van der Waals surface area contributed by atoms with Gasteiger partial charge >= 0.3 is 0 Å². The zero-order chi connectivity index (χ0) is 8.48. The Morgan fingerprint density at radius 3 is 2.82 bits per heavy atom. The minimum Gasteiger partial charge on any atom is -0.354 e. The molecule has 0 unspecified atom stereocenters. The van der Waals surface area contributed by atoms with Crippen molar-refractivity contribution in [2.24, 2.45) is 0 Å². The number of carbonyl (C=O) groups is 1. The number of sulfonamides is 1. The molecule has 0 radical (unpaired) electrons. The van der Waals surface area contributed by atoms with Crippen LogP contribution in [0.4, 0.5) is 0 Å². The summed E-state index contributed by atoms with van der Waals surface area (Å²) in [4.78, 5) is 10.9. The SMILES string of the molecule is C[C@@H]1NS(=O)(=O)CCNC1=O. The van der Waals surface area contributed by atoms with Gasteiger partial charge in [0, 0.05) is 6.54 Å². The van der Waals surface area contributed by atoms with Gasteiger partial charge in [0.2, 0.25) is 15.9 Å². The average Bonchev–Trinajstić information content (AvgIpc) is 1.93. The van der Waals surface area contributed by atoms with Gasteiger partial charge in [0.05, 0.1) is 11.8 Å². The van der Waals surface area contributed by atoms with Crippen LogP contribution in [-0.4, -0.2) is 32.7 Å². The van der Waals surface area contributed by atoms with E-state index in [4.69, 9.17) is 0 Å². The van der Waals surface area contributed by atoms with Gasteiger partial charge in [-0.25, -0.2) is 13.1 Å². The van der Waals surface area contributed by atoms with Crippen molar-refractivity contribution >= 4 is 15.9 Å². The first-order valence-electron chi connectivity index (χ1n) is 3.29. The number of hydrogen-bond donors (Lipinski definition) is 2. The van der Waals surface area contributed by atoms with Gasteiger partial charge in [-0.05, 0) is 6.92 Å². The van der Waals surface area contributed by atoms with Crippen LogP contribution in [0, 0.1) is 0 Å². The summed E-state index contributed by atoms with van der Waals surface area (Å²) in [6.45, 7) is 1.71. The van der Waals surface area contributed by atoms with Gasteiger partial charge in [-0.3, -0.25) is 4.79 Å². The summed E-state index contributed by atoms with van der Waals surface area (Å²) in [5.41, 5.74) is 0. The Kier molecular flexibility index (Phi) is 2.15.